The van der Waals surface area contributed by atoms with Gasteiger partial charge in [-0.1, -0.05) is 0 Å². The Kier molecular flexibility index (Phi) is 6.47. The van der Waals surface area contributed by atoms with E-state index in [4.69, 9.17) is 0 Å². The number of nitrogens with zero attached hydrogens (tertiary/aromatic N) is 2. The smallest absolute Gasteiger partial charge is 0.315 e. The van der Waals surface area contributed by atoms with E-state index in [1.165, 1.54) is 6.07 Å². The minimum absolute atomic E-state index is 0. The average molecular weight is 368 g/mol. The second kappa shape index (κ2) is 7.99. The highest BCUT2D eigenvalue weighted by Crippen LogP contribution is 2.30. The number of piperazine rings is 1. The van der Waals surface area contributed by atoms with E-state index in [0.717, 1.165) is 51.8 Å². The van der Waals surface area contributed by atoms with E-state index >= 15 is 0 Å². The zero-order valence-corrected chi connectivity index (χ0v) is 14.1. The van der Waals surface area contributed by atoms with Gasteiger partial charge in [0.05, 0.1) is 5.56 Å². The molecular weight excluding hydrogens is 346 g/mol. The molecule has 1 atom stereocenters. The van der Waals surface area contributed by atoms with Crippen molar-refractivity contribution in [1.82, 2.24) is 15.1 Å². The minimum Gasteiger partial charge on any atom is -0.315 e. The Morgan fingerprint density at radius 1 is 1.08 bits per heavy atom. The van der Waals surface area contributed by atoms with E-state index in [0.29, 0.717) is 24.2 Å². The Balaban J connectivity index is 0.00000208. The van der Waals surface area contributed by atoms with Crippen molar-refractivity contribution in [3.8, 4) is 0 Å². The molecule has 1 N–H and O–H groups in total. The first-order valence-corrected chi connectivity index (χ1v) is 7.95. The highest BCUT2D eigenvalue weighted by Gasteiger charge is 2.32. The summed E-state index contributed by atoms with van der Waals surface area (Å²) >= 11 is 0. The second-order valence-electron chi connectivity index (χ2n) is 6.30. The highest BCUT2D eigenvalue weighted by molar-refractivity contribution is 5.85. The predicted molar refractivity (Wildman–Crippen MR) is 86.8 cm³/mol. The molecule has 0 bridgehead atoms. The van der Waals surface area contributed by atoms with E-state index in [1.54, 1.807) is 0 Å². The summed E-state index contributed by atoms with van der Waals surface area (Å²) in [5.41, 5.74) is -0.531. The third-order valence-corrected chi connectivity index (χ3v) is 4.65. The van der Waals surface area contributed by atoms with E-state index in [2.05, 4.69) is 15.1 Å². The lowest BCUT2D eigenvalue weighted by Crippen LogP contribution is -2.50. The van der Waals surface area contributed by atoms with Crippen molar-refractivity contribution in [2.45, 2.75) is 25.2 Å². The maximum Gasteiger partial charge on any atom is 0.416 e. The Morgan fingerprint density at radius 3 is 2.38 bits per heavy atom. The Labute approximate surface area is 145 Å². The molecule has 0 aromatic heterocycles. The van der Waals surface area contributed by atoms with Gasteiger partial charge in [0.2, 0.25) is 0 Å². The van der Waals surface area contributed by atoms with E-state index in [9.17, 15) is 17.6 Å². The Hall–Kier alpha value is -0.890. The van der Waals surface area contributed by atoms with Crippen molar-refractivity contribution in [1.29, 1.82) is 0 Å². The molecule has 24 heavy (non-hydrogen) atoms. The van der Waals surface area contributed by atoms with Crippen molar-refractivity contribution in [2.75, 3.05) is 39.3 Å². The van der Waals surface area contributed by atoms with Crippen LogP contribution in [0.5, 0.6) is 0 Å². The van der Waals surface area contributed by atoms with Crippen molar-refractivity contribution < 1.29 is 17.6 Å². The zero-order valence-electron chi connectivity index (χ0n) is 13.3. The standard InChI is InChI=1S/C16H21F4N3.ClH/c17-14-8-12(7-13(9-14)16(18,19)20)11-22-3-5-23(6-4-22)15-1-2-21-10-15;/h7-9,15,21H,1-6,10-11H2;1H. The third-order valence-electron chi connectivity index (χ3n) is 4.65. The van der Waals surface area contributed by atoms with Crippen molar-refractivity contribution >= 4 is 12.4 Å². The maximum atomic E-state index is 13.4. The number of nitrogens with one attached hydrogen (secondary N) is 1. The summed E-state index contributed by atoms with van der Waals surface area (Å²) in [6.45, 7) is 5.84. The predicted octanol–water partition coefficient (Wildman–Crippen LogP) is 2.75. The SMILES string of the molecule is Cl.Fc1cc(CN2CCN(C3CCNC3)CC2)cc(C(F)(F)F)c1. The maximum absolute atomic E-state index is 13.4. The van der Waals surface area contributed by atoms with Gasteiger partial charge in [-0.15, -0.1) is 12.4 Å². The molecule has 8 heteroatoms. The van der Waals surface area contributed by atoms with Crippen molar-refractivity contribution in [3.05, 3.63) is 35.1 Å². The lowest BCUT2D eigenvalue weighted by Gasteiger charge is -2.37. The summed E-state index contributed by atoms with van der Waals surface area (Å²) in [4.78, 5) is 4.52. The minimum atomic E-state index is -4.51. The number of benzene rings is 1. The van der Waals surface area contributed by atoms with Crippen LogP contribution < -0.4 is 5.32 Å². The Bertz CT molecular complexity index is 539. The summed E-state index contributed by atoms with van der Waals surface area (Å²) in [6.07, 6.45) is -3.36. The average Bonchev–Trinajstić information content (AvgIpc) is 3.01. The van der Waals surface area contributed by atoms with Gasteiger partial charge in [0.25, 0.3) is 0 Å². The molecule has 0 aliphatic carbocycles. The molecular formula is C16H22ClF4N3. The van der Waals surface area contributed by atoms with Gasteiger partial charge < -0.3 is 5.32 Å². The van der Waals surface area contributed by atoms with Crippen LogP contribution in [0.2, 0.25) is 0 Å². The van der Waals surface area contributed by atoms with Crippen molar-refractivity contribution in [3.63, 3.8) is 0 Å². The lowest BCUT2D eigenvalue weighted by atomic mass is 10.1. The normalized spacial score (nSPS) is 23.2. The zero-order chi connectivity index (χ0) is 16.4. The molecule has 0 radical (unpaired) electrons. The molecule has 2 fully saturated rings. The van der Waals surface area contributed by atoms with Crippen LogP contribution in [0, 0.1) is 5.82 Å². The number of halogens is 5. The van der Waals surface area contributed by atoms with Gasteiger partial charge in [-0.05, 0) is 36.7 Å². The fourth-order valence-electron chi connectivity index (χ4n) is 3.40. The van der Waals surface area contributed by atoms with Gasteiger partial charge in [-0.2, -0.15) is 13.2 Å². The van der Waals surface area contributed by atoms with Gasteiger partial charge in [-0.3, -0.25) is 9.80 Å². The van der Waals surface area contributed by atoms with Crippen LogP contribution >= 0.6 is 12.4 Å². The topological polar surface area (TPSA) is 18.5 Å². The van der Waals surface area contributed by atoms with Crippen LogP contribution in [0.4, 0.5) is 17.6 Å². The molecule has 0 amide bonds. The molecule has 136 valence electrons. The molecule has 2 aliphatic heterocycles. The van der Waals surface area contributed by atoms with Gasteiger partial charge in [-0.25, -0.2) is 4.39 Å². The number of alkyl halides is 3. The summed E-state index contributed by atoms with van der Waals surface area (Å²) in [6, 6.07) is 3.37. The number of hydrogen-bond acceptors (Lipinski definition) is 3. The molecule has 3 rings (SSSR count). The van der Waals surface area contributed by atoms with Crippen LogP contribution in [-0.2, 0) is 12.7 Å². The molecule has 2 saturated heterocycles. The monoisotopic (exact) mass is 367 g/mol. The number of rotatable bonds is 3. The van der Waals surface area contributed by atoms with Crippen LogP contribution in [0.1, 0.15) is 17.5 Å². The quantitative estimate of drug-likeness (QED) is 0.829. The van der Waals surface area contributed by atoms with Crippen LogP contribution in [0.25, 0.3) is 0 Å². The first-order valence-electron chi connectivity index (χ1n) is 7.95. The van der Waals surface area contributed by atoms with Crippen LogP contribution in [0.3, 0.4) is 0 Å². The summed E-state index contributed by atoms with van der Waals surface area (Å²) in [5.74, 6) is -0.828. The van der Waals surface area contributed by atoms with Gasteiger partial charge in [0.1, 0.15) is 5.82 Å². The Morgan fingerprint density at radius 2 is 1.79 bits per heavy atom. The van der Waals surface area contributed by atoms with Gasteiger partial charge in [0, 0.05) is 45.3 Å². The number of hydrogen-bond donors (Lipinski definition) is 1. The summed E-state index contributed by atoms with van der Waals surface area (Å²) in [7, 11) is 0. The van der Waals surface area contributed by atoms with Gasteiger partial charge in [0.15, 0.2) is 0 Å². The van der Waals surface area contributed by atoms with Crippen LogP contribution in [0.15, 0.2) is 18.2 Å². The third kappa shape index (κ3) is 4.81. The molecule has 1 unspecified atom stereocenters. The summed E-state index contributed by atoms with van der Waals surface area (Å²) in [5, 5.41) is 3.34. The second-order valence-corrected chi connectivity index (χ2v) is 6.30. The van der Waals surface area contributed by atoms with E-state index in [1.807, 2.05) is 0 Å². The fraction of sp³-hybridized carbons (Fsp3) is 0.625. The molecule has 0 saturated carbocycles. The first-order chi connectivity index (χ1) is 10.9. The molecule has 1 aromatic carbocycles. The van der Waals surface area contributed by atoms with Gasteiger partial charge >= 0.3 is 6.18 Å². The summed E-state index contributed by atoms with van der Waals surface area (Å²) < 4.78 is 51.7. The van der Waals surface area contributed by atoms with Crippen molar-refractivity contribution in [2.24, 2.45) is 0 Å². The van der Waals surface area contributed by atoms with E-state index in [-0.39, 0.29) is 12.4 Å². The fourth-order valence-corrected chi connectivity index (χ4v) is 3.40. The molecule has 3 nitrogen and oxygen atoms in total. The highest BCUT2D eigenvalue weighted by atomic mass is 35.5. The lowest BCUT2D eigenvalue weighted by molar-refractivity contribution is -0.137. The first kappa shape index (κ1) is 19.4. The van der Waals surface area contributed by atoms with Crippen LogP contribution in [-0.4, -0.2) is 55.1 Å². The molecule has 2 aliphatic rings. The molecule has 0 spiro atoms. The molecule has 1 aromatic rings. The molecule has 2 heterocycles. The largest absolute Gasteiger partial charge is 0.416 e. The van der Waals surface area contributed by atoms with E-state index < -0.39 is 17.6 Å².